The van der Waals surface area contributed by atoms with Crippen molar-refractivity contribution in [2.45, 2.75) is 24.5 Å². The van der Waals surface area contributed by atoms with Crippen molar-refractivity contribution in [2.24, 2.45) is 11.5 Å². The van der Waals surface area contributed by atoms with Crippen molar-refractivity contribution in [3.05, 3.63) is 17.5 Å². The van der Waals surface area contributed by atoms with Gasteiger partial charge in [-0.2, -0.15) is 5.10 Å². The number of carbonyl (C=O) groups excluding carboxylic acids is 2. The molecule has 110 valence electrons. The SMILES string of the molecule is NC(=O)c1cn(C2O[C@H](CO)[C@@H](O)[C@H]2O)nc1C(N)=O. The lowest BCUT2D eigenvalue weighted by Gasteiger charge is -2.14. The predicted octanol–water partition coefficient (Wildman–Crippen LogP) is -3.31. The van der Waals surface area contributed by atoms with Gasteiger partial charge in [0.25, 0.3) is 11.8 Å². The Bertz CT molecular complexity index is 512. The van der Waals surface area contributed by atoms with Crippen LogP contribution in [0.5, 0.6) is 0 Å². The second-order valence-electron chi connectivity index (χ2n) is 4.33. The molecule has 0 radical (unpaired) electrons. The van der Waals surface area contributed by atoms with Crippen molar-refractivity contribution in [1.82, 2.24) is 9.78 Å². The van der Waals surface area contributed by atoms with Crippen LogP contribution in [0.25, 0.3) is 0 Å². The molecule has 0 aromatic carbocycles. The number of amides is 2. The number of primary amides is 2. The summed E-state index contributed by atoms with van der Waals surface area (Å²) < 4.78 is 6.16. The van der Waals surface area contributed by atoms with E-state index in [0.29, 0.717) is 0 Å². The number of nitrogens with two attached hydrogens (primary N) is 2. The topological polar surface area (TPSA) is 174 Å². The molecule has 2 heterocycles. The van der Waals surface area contributed by atoms with E-state index in [4.69, 9.17) is 21.3 Å². The Labute approximate surface area is 112 Å². The highest BCUT2D eigenvalue weighted by molar-refractivity contribution is 6.04. The van der Waals surface area contributed by atoms with Crippen LogP contribution in [-0.4, -0.2) is 61.8 Å². The molecule has 1 saturated heterocycles. The van der Waals surface area contributed by atoms with Gasteiger partial charge in [-0.15, -0.1) is 0 Å². The molecule has 1 aliphatic heterocycles. The molecule has 1 aliphatic rings. The fourth-order valence-corrected chi connectivity index (χ4v) is 1.98. The minimum atomic E-state index is -1.39. The van der Waals surface area contributed by atoms with Crippen LogP contribution in [0.3, 0.4) is 0 Å². The van der Waals surface area contributed by atoms with Gasteiger partial charge in [0.1, 0.15) is 18.3 Å². The van der Waals surface area contributed by atoms with E-state index in [9.17, 15) is 19.8 Å². The lowest BCUT2D eigenvalue weighted by molar-refractivity contribution is -0.0587. The highest BCUT2D eigenvalue weighted by atomic mass is 16.6. The molecule has 20 heavy (non-hydrogen) atoms. The number of aliphatic hydroxyl groups excluding tert-OH is 3. The van der Waals surface area contributed by atoms with Crippen molar-refractivity contribution < 1.29 is 29.6 Å². The van der Waals surface area contributed by atoms with Crippen LogP contribution in [0.1, 0.15) is 27.1 Å². The van der Waals surface area contributed by atoms with Crippen LogP contribution in [0.15, 0.2) is 6.20 Å². The van der Waals surface area contributed by atoms with Gasteiger partial charge in [0, 0.05) is 6.20 Å². The van der Waals surface area contributed by atoms with Crippen molar-refractivity contribution in [1.29, 1.82) is 0 Å². The van der Waals surface area contributed by atoms with Crippen LogP contribution < -0.4 is 11.5 Å². The maximum atomic E-state index is 11.2. The van der Waals surface area contributed by atoms with Gasteiger partial charge < -0.3 is 31.5 Å². The Morgan fingerprint density at radius 3 is 2.35 bits per heavy atom. The van der Waals surface area contributed by atoms with Gasteiger partial charge in [0.2, 0.25) is 0 Å². The third-order valence-electron chi connectivity index (χ3n) is 3.01. The second kappa shape index (κ2) is 5.17. The quantitative estimate of drug-likeness (QED) is 0.385. The van der Waals surface area contributed by atoms with Crippen LogP contribution in [-0.2, 0) is 4.74 Å². The zero-order chi connectivity index (χ0) is 15.0. The molecule has 0 bridgehead atoms. The van der Waals surface area contributed by atoms with Gasteiger partial charge in [-0.1, -0.05) is 0 Å². The lowest BCUT2D eigenvalue weighted by Crippen LogP contribution is -2.33. The predicted molar refractivity (Wildman–Crippen MR) is 62.3 cm³/mol. The van der Waals surface area contributed by atoms with Gasteiger partial charge in [-0.3, -0.25) is 9.59 Å². The van der Waals surface area contributed by atoms with E-state index in [1.807, 2.05) is 0 Å². The molecule has 0 aliphatic carbocycles. The number of hydrogen-bond acceptors (Lipinski definition) is 7. The van der Waals surface area contributed by atoms with Gasteiger partial charge in [-0.25, -0.2) is 4.68 Å². The van der Waals surface area contributed by atoms with Crippen molar-refractivity contribution in [3.8, 4) is 0 Å². The van der Waals surface area contributed by atoms with Crippen molar-refractivity contribution in [3.63, 3.8) is 0 Å². The summed E-state index contributed by atoms with van der Waals surface area (Å²) >= 11 is 0. The molecule has 0 spiro atoms. The van der Waals surface area contributed by atoms with E-state index in [-0.39, 0.29) is 11.3 Å². The number of aromatic nitrogens is 2. The molecule has 2 amide bonds. The Hall–Kier alpha value is -2.01. The van der Waals surface area contributed by atoms with Gasteiger partial charge in [0.15, 0.2) is 11.9 Å². The average molecular weight is 286 g/mol. The van der Waals surface area contributed by atoms with Crippen LogP contribution in [0, 0.1) is 0 Å². The molecule has 7 N–H and O–H groups in total. The standard InChI is InChI=1S/C10H14N4O6/c11-8(18)3-1-14(13-5(3)9(12)19)10-7(17)6(16)4(2-15)20-10/h1,4,6-7,10,15-17H,2H2,(H2,11,18)(H2,12,19)/t4-,6-,7-,10?/m1/s1. The highest BCUT2D eigenvalue weighted by Crippen LogP contribution is 2.29. The summed E-state index contributed by atoms with van der Waals surface area (Å²) in [4.78, 5) is 22.4. The summed E-state index contributed by atoms with van der Waals surface area (Å²) in [5.74, 6) is -1.89. The van der Waals surface area contributed by atoms with Crippen molar-refractivity contribution in [2.75, 3.05) is 6.61 Å². The average Bonchev–Trinajstić information content (AvgIpc) is 2.93. The van der Waals surface area contributed by atoms with Gasteiger partial charge in [0.05, 0.1) is 12.2 Å². The summed E-state index contributed by atoms with van der Waals surface area (Å²) in [6.07, 6.45) is -3.82. The molecule has 1 unspecified atom stereocenters. The highest BCUT2D eigenvalue weighted by Gasteiger charge is 2.44. The number of nitrogens with zero attached hydrogens (tertiary/aromatic N) is 2. The summed E-state index contributed by atoms with van der Waals surface area (Å²) in [5.41, 5.74) is 9.56. The summed E-state index contributed by atoms with van der Waals surface area (Å²) in [6.45, 7) is -0.513. The minimum Gasteiger partial charge on any atom is -0.394 e. The summed E-state index contributed by atoms with van der Waals surface area (Å²) in [7, 11) is 0. The third-order valence-corrected chi connectivity index (χ3v) is 3.01. The van der Waals surface area contributed by atoms with Crippen molar-refractivity contribution >= 4 is 11.8 Å². The number of carbonyl (C=O) groups is 2. The Morgan fingerprint density at radius 2 is 1.95 bits per heavy atom. The number of aliphatic hydroxyl groups is 3. The summed E-state index contributed by atoms with van der Waals surface area (Å²) in [6, 6.07) is 0. The smallest absolute Gasteiger partial charge is 0.270 e. The third kappa shape index (κ3) is 2.25. The molecule has 2 rings (SSSR count). The van der Waals surface area contributed by atoms with Crippen LogP contribution >= 0.6 is 0 Å². The molecule has 1 fully saturated rings. The molecular weight excluding hydrogens is 272 g/mol. The Balaban J connectivity index is 2.37. The van der Waals surface area contributed by atoms with E-state index >= 15 is 0 Å². The molecular formula is C10H14N4O6. The van der Waals surface area contributed by atoms with E-state index in [2.05, 4.69) is 5.10 Å². The van der Waals surface area contributed by atoms with E-state index in [1.165, 1.54) is 0 Å². The summed E-state index contributed by atoms with van der Waals surface area (Å²) in [5, 5.41) is 32.1. The first-order chi connectivity index (χ1) is 9.36. The zero-order valence-electron chi connectivity index (χ0n) is 10.2. The van der Waals surface area contributed by atoms with E-state index < -0.39 is 43.0 Å². The maximum absolute atomic E-state index is 11.2. The molecule has 0 saturated carbocycles. The molecule has 10 nitrogen and oxygen atoms in total. The fourth-order valence-electron chi connectivity index (χ4n) is 1.98. The minimum absolute atomic E-state index is 0.227. The maximum Gasteiger partial charge on any atom is 0.270 e. The van der Waals surface area contributed by atoms with Crippen LogP contribution in [0.2, 0.25) is 0 Å². The van der Waals surface area contributed by atoms with Gasteiger partial charge in [-0.05, 0) is 0 Å². The Morgan fingerprint density at radius 1 is 1.30 bits per heavy atom. The van der Waals surface area contributed by atoms with Crippen LogP contribution in [0.4, 0.5) is 0 Å². The number of ether oxygens (including phenoxy) is 1. The first-order valence-corrected chi connectivity index (χ1v) is 5.68. The fraction of sp³-hybridized carbons (Fsp3) is 0.500. The first-order valence-electron chi connectivity index (χ1n) is 5.68. The van der Waals surface area contributed by atoms with Gasteiger partial charge >= 0.3 is 0 Å². The monoisotopic (exact) mass is 286 g/mol. The zero-order valence-corrected chi connectivity index (χ0v) is 10.2. The van der Waals surface area contributed by atoms with E-state index in [1.54, 1.807) is 0 Å². The van der Waals surface area contributed by atoms with E-state index in [0.717, 1.165) is 10.9 Å². The first kappa shape index (κ1) is 14.4. The lowest BCUT2D eigenvalue weighted by atomic mass is 10.1. The number of hydrogen-bond donors (Lipinski definition) is 5. The largest absolute Gasteiger partial charge is 0.394 e. The normalized spacial score (nSPS) is 29.6. The molecule has 1 aromatic heterocycles. The molecule has 1 aromatic rings. The molecule has 10 heteroatoms. The Kier molecular flexibility index (Phi) is 3.72. The number of rotatable bonds is 4. The second-order valence-corrected chi connectivity index (χ2v) is 4.33. The molecule has 4 atom stereocenters.